The lowest BCUT2D eigenvalue weighted by Gasteiger charge is -2.16. The SMILES string of the molecule is COc1cc(-c2ccc(C#N)cc2)c(-c2ccc3c(cnn3C)c2)n2cncc12. The van der Waals surface area contributed by atoms with Crippen molar-refractivity contribution in [1.82, 2.24) is 19.2 Å². The molecule has 3 aromatic heterocycles. The van der Waals surface area contributed by atoms with Gasteiger partial charge in [-0.15, -0.1) is 0 Å². The van der Waals surface area contributed by atoms with Gasteiger partial charge in [-0.05, 0) is 41.5 Å². The molecule has 0 radical (unpaired) electrons. The number of rotatable bonds is 3. The number of benzene rings is 2. The van der Waals surface area contributed by atoms with E-state index in [9.17, 15) is 0 Å². The van der Waals surface area contributed by atoms with E-state index in [1.54, 1.807) is 19.6 Å². The van der Waals surface area contributed by atoms with Crippen LogP contribution in [0.5, 0.6) is 5.75 Å². The van der Waals surface area contributed by atoms with Gasteiger partial charge >= 0.3 is 0 Å². The molecule has 3 heterocycles. The Morgan fingerprint density at radius 1 is 0.966 bits per heavy atom. The molecule has 0 bridgehead atoms. The van der Waals surface area contributed by atoms with E-state index in [4.69, 9.17) is 10.00 Å². The third kappa shape index (κ3) is 2.64. The summed E-state index contributed by atoms with van der Waals surface area (Å²) in [7, 11) is 3.60. The van der Waals surface area contributed by atoms with Crippen molar-refractivity contribution in [2.45, 2.75) is 0 Å². The van der Waals surface area contributed by atoms with Gasteiger partial charge < -0.3 is 4.74 Å². The van der Waals surface area contributed by atoms with Crippen molar-refractivity contribution >= 4 is 16.4 Å². The Balaban J connectivity index is 1.84. The first kappa shape index (κ1) is 17.0. The molecule has 0 unspecified atom stereocenters. The van der Waals surface area contributed by atoms with Gasteiger partial charge in [0.15, 0.2) is 0 Å². The van der Waals surface area contributed by atoms with Gasteiger partial charge in [-0.3, -0.25) is 9.08 Å². The molecule has 6 heteroatoms. The monoisotopic (exact) mass is 379 g/mol. The Morgan fingerprint density at radius 2 is 1.76 bits per heavy atom. The van der Waals surface area contributed by atoms with Crippen molar-refractivity contribution in [2.75, 3.05) is 7.11 Å². The van der Waals surface area contributed by atoms with E-state index in [0.717, 1.165) is 44.6 Å². The predicted octanol–water partition coefficient (Wildman–Crippen LogP) is 4.44. The highest BCUT2D eigenvalue weighted by Gasteiger charge is 2.17. The van der Waals surface area contributed by atoms with E-state index in [-0.39, 0.29) is 0 Å². The summed E-state index contributed by atoms with van der Waals surface area (Å²) in [6.07, 6.45) is 5.47. The van der Waals surface area contributed by atoms with Crippen molar-refractivity contribution in [3.63, 3.8) is 0 Å². The molecule has 0 spiro atoms. The molecular weight excluding hydrogens is 362 g/mol. The van der Waals surface area contributed by atoms with E-state index in [1.165, 1.54) is 0 Å². The van der Waals surface area contributed by atoms with Gasteiger partial charge in [0.2, 0.25) is 0 Å². The smallest absolute Gasteiger partial charge is 0.145 e. The zero-order chi connectivity index (χ0) is 20.0. The zero-order valence-corrected chi connectivity index (χ0v) is 16.0. The maximum Gasteiger partial charge on any atom is 0.145 e. The van der Waals surface area contributed by atoms with Crippen molar-refractivity contribution < 1.29 is 4.74 Å². The number of nitrogens with zero attached hydrogens (tertiary/aromatic N) is 5. The summed E-state index contributed by atoms with van der Waals surface area (Å²) in [5, 5.41) is 14.6. The first-order valence-electron chi connectivity index (χ1n) is 9.15. The lowest BCUT2D eigenvalue weighted by atomic mass is 9.97. The van der Waals surface area contributed by atoms with Gasteiger partial charge in [-0.2, -0.15) is 10.4 Å². The fourth-order valence-corrected chi connectivity index (χ4v) is 3.77. The second-order valence-electron chi connectivity index (χ2n) is 6.85. The van der Waals surface area contributed by atoms with Crippen LogP contribution >= 0.6 is 0 Å². The molecule has 140 valence electrons. The van der Waals surface area contributed by atoms with Crippen LogP contribution in [0.1, 0.15) is 5.56 Å². The minimum atomic E-state index is 0.628. The highest BCUT2D eigenvalue weighted by molar-refractivity contribution is 5.90. The number of hydrogen-bond acceptors (Lipinski definition) is 4. The standard InChI is InChI=1S/C23H17N5O/c1-27-20-8-7-17(9-18(20)12-26-27)23-19(16-5-3-15(11-24)4-6-16)10-22(29-2)21-13-25-14-28(21)23/h3-10,12-14H,1-2H3. The fourth-order valence-electron chi connectivity index (χ4n) is 3.77. The predicted molar refractivity (Wildman–Crippen MR) is 112 cm³/mol. The van der Waals surface area contributed by atoms with Crippen molar-refractivity contribution in [2.24, 2.45) is 7.05 Å². The van der Waals surface area contributed by atoms with Gasteiger partial charge in [0.25, 0.3) is 0 Å². The van der Waals surface area contributed by atoms with Gasteiger partial charge in [0.05, 0.1) is 48.7 Å². The van der Waals surface area contributed by atoms with E-state index < -0.39 is 0 Å². The fraction of sp³-hybridized carbons (Fsp3) is 0.0870. The lowest BCUT2D eigenvalue weighted by molar-refractivity contribution is 0.418. The number of pyridine rings is 1. The molecule has 0 saturated heterocycles. The molecule has 6 nitrogen and oxygen atoms in total. The van der Waals surface area contributed by atoms with Crippen LogP contribution in [0.25, 0.3) is 38.8 Å². The molecule has 0 aliphatic heterocycles. The molecule has 0 N–H and O–H groups in total. The molecule has 0 amide bonds. The van der Waals surface area contributed by atoms with Crippen LogP contribution < -0.4 is 4.74 Å². The number of hydrogen-bond donors (Lipinski definition) is 0. The normalized spacial score (nSPS) is 11.1. The molecule has 5 rings (SSSR count). The summed E-state index contributed by atoms with van der Waals surface area (Å²) in [6.45, 7) is 0. The average Bonchev–Trinajstić information content (AvgIpc) is 3.39. The van der Waals surface area contributed by atoms with E-state index in [1.807, 2.05) is 52.7 Å². The van der Waals surface area contributed by atoms with Crippen molar-refractivity contribution in [3.05, 3.63) is 72.8 Å². The minimum absolute atomic E-state index is 0.628. The maximum atomic E-state index is 9.14. The Kier molecular flexibility index (Phi) is 3.81. The number of imidazole rings is 1. The molecule has 0 saturated carbocycles. The van der Waals surface area contributed by atoms with Crippen LogP contribution in [0.2, 0.25) is 0 Å². The second kappa shape index (κ2) is 6.50. The highest BCUT2D eigenvalue weighted by Crippen LogP contribution is 2.38. The lowest BCUT2D eigenvalue weighted by Crippen LogP contribution is -1.98. The Bertz CT molecular complexity index is 1400. The maximum absolute atomic E-state index is 9.14. The quantitative estimate of drug-likeness (QED) is 0.465. The third-order valence-electron chi connectivity index (χ3n) is 5.23. The summed E-state index contributed by atoms with van der Waals surface area (Å²) in [5.41, 5.74) is 6.65. The van der Waals surface area contributed by atoms with Gasteiger partial charge in [0.1, 0.15) is 11.3 Å². The van der Waals surface area contributed by atoms with E-state index in [2.05, 4.69) is 34.4 Å². The number of methoxy groups -OCH3 is 1. The molecule has 2 aromatic carbocycles. The van der Waals surface area contributed by atoms with Crippen LogP contribution in [-0.4, -0.2) is 26.3 Å². The molecule has 0 aliphatic carbocycles. The summed E-state index contributed by atoms with van der Waals surface area (Å²) in [6, 6.07) is 18.1. The van der Waals surface area contributed by atoms with Crippen LogP contribution in [0.15, 0.2) is 67.3 Å². The molecule has 29 heavy (non-hydrogen) atoms. The van der Waals surface area contributed by atoms with Gasteiger partial charge in [-0.1, -0.05) is 18.2 Å². The molecule has 5 aromatic rings. The number of ether oxygens (including phenoxy) is 1. The summed E-state index contributed by atoms with van der Waals surface area (Å²) in [5.74, 6) is 0.744. The largest absolute Gasteiger partial charge is 0.494 e. The summed E-state index contributed by atoms with van der Waals surface area (Å²) in [4.78, 5) is 4.35. The first-order chi connectivity index (χ1) is 14.2. The molecule has 0 fully saturated rings. The molecule has 0 aliphatic rings. The van der Waals surface area contributed by atoms with E-state index >= 15 is 0 Å². The Labute approximate surface area is 167 Å². The first-order valence-corrected chi connectivity index (χ1v) is 9.15. The van der Waals surface area contributed by atoms with Crippen molar-refractivity contribution in [1.29, 1.82) is 5.26 Å². The van der Waals surface area contributed by atoms with Crippen LogP contribution in [0, 0.1) is 11.3 Å². The summed E-state index contributed by atoms with van der Waals surface area (Å²) < 4.78 is 9.54. The van der Waals surface area contributed by atoms with Crippen LogP contribution in [-0.2, 0) is 7.05 Å². The van der Waals surface area contributed by atoms with Crippen LogP contribution in [0.4, 0.5) is 0 Å². The van der Waals surface area contributed by atoms with Crippen LogP contribution in [0.3, 0.4) is 0 Å². The average molecular weight is 379 g/mol. The Morgan fingerprint density at radius 3 is 2.52 bits per heavy atom. The minimum Gasteiger partial charge on any atom is -0.494 e. The number of nitriles is 1. The topological polar surface area (TPSA) is 68.1 Å². The number of aryl methyl sites for hydroxylation is 1. The second-order valence-corrected chi connectivity index (χ2v) is 6.85. The summed E-state index contributed by atoms with van der Waals surface area (Å²) >= 11 is 0. The van der Waals surface area contributed by atoms with Gasteiger partial charge in [0, 0.05) is 18.0 Å². The molecular formula is C23H17N5O. The van der Waals surface area contributed by atoms with Crippen molar-refractivity contribution in [3.8, 4) is 34.2 Å². The Hall–Kier alpha value is -4.11. The number of fused-ring (bicyclic) bond motifs is 2. The zero-order valence-electron chi connectivity index (χ0n) is 16.0. The number of aromatic nitrogens is 4. The third-order valence-corrected chi connectivity index (χ3v) is 5.23. The van der Waals surface area contributed by atoms with Gasteiger partial charge in [-0.25, -0.2) is 4.98 Å². The molecule has 0 atom stereocenters. The van der Waals surface area contributed by atoms with E-state index in [0.29, 0.717) is 5.56 Å². The highest BCUT2D eigenvalue weighted by atomic mass is 16.5.